The second-order valence-electron chi connectivity index (χ2n) is 8.22. The van der Waals surface area contributed by atoms with Crippen LogP contribution in [0.5, 0.6) is 5.75 Å². The summed E-state index contributed by atoms with van der Waals surface area (Å²) in [7, 11) is -3.56. The van der Waals surface area contributed by atoms with Crippen LogP contribution in [0.25, 0.3) is 5.52 Å². The van der Waals surface area contributed by atoms with Crippen LogP contribution in [0.2, 0.25) is 0 Å². The van der Waals surface area contributed by atoms with Crippen molar-refractivity contribution in [3.8, 4) is 5.75 Å². The average Bonchev–Trinajstić information content (AvgIpc) is 3.44. The normalized spacial score (nSPS) is 21.4. The number of nitrogens with zero attached hydrogens (tertiary/aromatic N) is 4. The predicted molar refractivity (Wildman–Crippen MR) is 115 cm³/mol. The SMILES string of the molecule is O=S1(=O)CC[C@H]2COCCN2c2cnc(NCc3c(F)ccc4c3CCO4)n3cnc1c23. The zero-order valence-corrected chi connectivity index (χ0v) is 18.1. The van der Waals surface area contributed by atoms with E-state index >= 15 is 0 Å². The molecule has 2 aromatic heterocycles. The Morgan fingerprint density at radius 1 is 1.25 bits per heavy atom. The van der Waals surface area contributed by atoms with E-state index in [1.807, 2.05) is 0 Å². The third kappa shape index (κ3) is 3.02. The highest BCUT2D eigenvalue weighted by molar-refractivity contribution is 7.91. The molecule has 3 aliphatic rings. The number of halogens is 1. The van der Waals surface area contributed by atoms with Gasteiger partial charge in [0, 0.05) is 30.6 Å². The molecule has 1 atom stereocenters. The standard InChI is InChI=1S/C21H22FN5O4S/c22-16-1-2-18-14(3-6-31-18)15(16)9-23-21-24-10-17-19-20(25-12-27(19)21)32(28,29)8-4-13-11-30-7-5-26(13)17/h1-2,10,12-13H,3-9,11H2,(H,23,24)/t13-/m0/s1. The highest BCUT2D eigenvalue weighted by Crippen LogP contribution is 2.35. The van der Waals surface area contributed by atoms with Crippen LogP contribution >= 0.6 is 0 Å². The van der Waals surface area contributed by atoms with Gasteiger partial charge in [0.25, 0.3) is 0 Å². The summed E-state index contributed by atoms with van der Waals surface area (Å²) in [4.78, 5) is 11.0. The molecular weight excluding hydrogens is 437 g/mol. The number of morpholine rings is 1. The molecule has 0 amide bonds. The summed E-state index contributed by atoms with van der Waals surface area (Å²) in [6.07, 6.45) is 4.27. The maximum atomic E-state index is 14.5. The first-order valence-electron chi connectivity index (χ1n) is 10.6. The average molecular weight is 460 g/mol. The zero-order chi connectivity index (χ0) is 21.9. The van der Waals surface area contributed by atoms with Crippen LogP contribution in [0.3, 0.4) is 0 Å². The van der Waals surface area contributed by atoms with Crippen LogP contribution in [0.15, 0.2) is 29.7 Å². The van der Waals surface area contributed by atoms with Crippen molar-refractivity contribution in [1.29, 1.82) is 0 Å². The number of hydrogen-bond donors (Lipinski definition) is 1. The molecule has 32 heavy (non-hydrogen) atoms. The molecule has 1 fully saturated rings. The molecule has 9 nitrogen and oxygen atoms in total. The molecule has 1 aromatic carbocycles. The number of aromatic nitrogens is 3. The second kappa shape index (κ2) is 7.31. The number of imidazole rings is 1. The molecule has 168 valence electrons. The Balaban J connectivity index is 1.43. The number of fused-ring (bicyclic) bond motifs is 3. The van der Waals surface area contributed by atoms with E-state index in [1.165, 1.54) is 12.4 Å². The Morgan fingerprint density at radius 2 is 2.16 bits per heavy atom. The summed E-state index contributed by atoms with van der Waals surface area (Å²) in [6.45, 7) is 2.43. The Kier molecular flexibility index (Phi) is 4.51. The molecule has 11 heteroatoms. The molecule has 3 aliphatic heterocycles. The molecule has 5 heterocycles. The fourth-order valence-corrected chi connectivity index (χ4v) is 6.29. The van der Waals surface area contributed by atoms with Crippen LogP contribution in [0.4, 0.5) is 16.0 Å². The third-order valence-corrected chi connectivity index (χ3v) is 8.09. The third-order valence-electron chi connectivity index (χ3n) is 6.43. The van der Waals surface area contributed by atoms with Gasteiger partial charge in [0.2, 0.25) is 5.95 Å². The van der Waals surface area contributed by atoms with Gasteiger partial charge < -0.3 is 19.7 Å². The molecule has 0 bridgehead atoms. The van der Waals surface area contributed by atoms with Gasteiger partial charge in [-0.15, -0.1) is 0 Å². The largest absolute Gasteiger partial charge is 0.493 e. The summed E-state index contributed by atoms with van der Waals surface area (Å²) >= 11 is 0. The number of ether oxygens (including phenoxy) is 2. The smallest absolute Gasteiger partial charge is 0.209 e. The minimum Gasteiger partial charge on any atom is -0.493 e. The first-order valence-corrected chi connectivity index (χ1v) is 12.3. The van der Waals surface area contributed by atoms with Crippen molar-refractivity contribution in [2.45, 2.75) is 30.5 Å². The maximum absolute atomic E-state index is 14.5. The van der Waals surface area contributed by atoms with Gasteiger partial charge in [-0.1, -0.05) is 0 Å². The first-order chi connectivity index (χ1) is 15.5. The van der Waals surface area contributed by atoms with Gasteiger partial charge in [-0.25, -0.2) is 22.8 Å². The number of sulfone groups is 1. The van der Waals surface area contributed by atoms with Crippen molar-refractivity contribution in [2.75, 3.05) is 42.3 Å². The Bertz CT molecular complexity index is 1330. The van der Waals surface area contributed by atoms with Crippen LogP contribution in [-0.4, -0.2) is 60.9 Å². The van der Waals surface area contributed by atoms with E-state index in [2.05, 4.69) is 20.2 Å². The summed E-state index contributed by atoms with van der Waals surface area (Å²) in [6, 6.07) is 3.02. The zero-order valence-electron chi connectivity index (χ0n) is 17.3. The van der Waals surface area contributed by atoms with Crippen molar-refractivity contribution in [2.24, 2.45) is 0 Å². The van der Waals surface area contributed by atoms with Gasteiger partial charge in [-0.3, -0.25) is 4.40 Å². The van der Waals surface area contributed by atoms with Gasteiger partial charge in [0.15, 0.2) is 14.9 Å². The Hall–Kier alpha value is -2.92. The van der Waals surface area contributed by atoms with Gasteiger partial charge in [0.1, 0.15) is 23.4 Å². The van der Waals surface area contributed by atoms with E-state index in [9.17, 15) is 12.8 Å². The van der Waals surface area contributed by atoms with Crippen molar-refractivity contribution in [3.05, 3.63) is 41.6 Å². The molecule has 0 spiro atoms. The van der Waals surface area contributed by atoms with E-state index in [0.717, 1.165) is 11.3 Å². The van der Waals surface area contributed by atoms with E-state index in [4.69, 9.17) is 9.47 Å². The van der Waals surface area contributed by atoms with Crippen molar-refractivity contribution < 1.29 is 22.3 Å². The predicted octanol–water partition coefficient (Wildman–Crippen LogP) is 1.80. The lowest BCUT2D eigenvalue weighted by Gasteiger charge is -2.38. The number of hydrogen-bond acceptors (Lipinski definition) is 8. The summed E-state index contributed by atoms with van der Waals surface area (Å²) in [5.41, 5.74) is 2.60. The lowest BCUT2D eigenvalue weighted by atomic mass is 10.0. The number of nitrogens with one attached hydrogen (secondary N) is 1. The highest BCUT2D eigenvalue weighted by atomic mass is 32.2. The lowest BCUT2D eigenvalue weighted by Crippen LogP contribution is -2.47. The first kappa shape index (κ1) is 19.7. The molecule has 1 N–H and O–H groups in total. The number of anilines is 2. The molecule has 6 rings (SSSR count). The summed E-state index contributed by atoms with van der Waals surface area (Å²) in [5.74, 6) is 0.803. The quantitative estimate of drug-likeness (QED) is 0.633. The van der Waals surface area contributed by atoms with E-state index in [-0.39, 0.29) is 29.2 Å². The summed E-state index contributed by atoms with van der Waals surface area (Å²) < 4.78 is 53.3. The van der Waals surface area contributed by atoms with Crippen molar-refractivity contribution in [3.63, 3.8) is 0 Å². The summed E-state index contributed by atoms with van der Waals surface area (Å²) in [5, 5.41) is 3.24. The molecule has 0 radical (unpaired) electrons. The fourth-order valence-electron chi connectivity index (χ4n) is 4.81. The van der Waals surface area contributed by atoms with E-state index in [1.54, 1.807) is 16.7 Å². The number of benzene rings is 1. The molecule has 3 aromatic rings. The molecular formula is C21H22FN5O4S. The number of rotatable bonds is 3. The van der Waals surface area contributed by atoms with Gasteiger partial charge in [-0.2, -0.15) is 0 Å². The fraction of sp³-hybridized carbons (Fsp3) is 0.429. The minimum absolute atomic E-state index is 0.0100. The topological polar surface area (TPSA) is 98.1 Å². The molecule has 0 saturated carbocycles. The van der Waals surface area contributed by atoms with Crippen molar-refractivity contribution in [1.82, 2.24) is 14.4 Å². The van der Waals surface area contributed by atoms with Gasteiger partial charge >= 0.3 is 0 Å². The van der Waals surface area contributed by atoms with Crippen LogP contribution in [0.1, 0.15) is 17.5 Å². The van der Waals surface area contributed by atoms with E-state index < -0.39 is 9.84 Å². The monoisotopic (exact) mass is 459 g/mol. The van der Waals surface area contributed by atoms with Crippen molar-refractivity contribution >= 4 is 27.0 Å². The minimum atomic E-state index is -3.56. The molecule has 0 unspecified atom stereocenters. The molecule has 0 aliphatic carbocycles. The van der Waals surface area contributed by atoms with Crippen LogP contribution in [-0.2, 0) is 27.5 Å². The Morgan fingerprint density at radius 3 is 3.06 bits per heavy atom. The van der Waals surface area contributed by atoms with Gasteiger partial charge in [0.05, 0.1) is 43.5 Å². The van der Waals surface area contributed by atoms with Crippen LogP contribution in [0, 0.1) is 5.82 Å². The molecule has 1 saturated heterocycles. The van der Waals surface area contributed by atoms with Gasteiger partial charge in [-0.05, 0) is 18.6 Å². The Labute approximate surface area is 184 Å². The highest BCUT2D eigenvalue weighted by Gasteiger charge is 2.34. The van der Waals surface area contributed by atoms with E-state index in [0.29, 0.717) is 62.0 Å². The maximum Gasteiger partial charge on any atom is 0.209 e. The second-order valence-corrected chi connectivity index (χ2v) is 10.2. The lowest BCUT2D eigenvalue weighted by molar-refractivity contribution is 0.0932. The van der Waals surface area contributed by atoms with Crippen LogP contribution < -0.4 is 15.0 Å².